The minimum absolute atomic E-state index is 0.101. The molecule has 1 aliphatic rings. The Bertz CT molecular complexity index is 477. The highest BCUT2D eigenvalue weighted by molar-refractivity contribution is 7.89. The van der Waals surface area contributed by atoms with E-state index in [-0.39, 0.29) is 16.7 Å². The van der Waals surface area contributed by atoms with Gasteiger partial charge in [-0.05, 0) is 43.5 Å². The van der Waals surface area contributed by atoms with Crippen molar-refractivity contribution in [2.75, 3.05) is 0 Å². The van der Waals surface area contributed by atoms with E-state index in [1.54, 1.807) is 6.92 Å². The number of sulfonamides is 1. The van der Waals surface area contributed by atoms with Crippen LogP contribution in [-0.2, 0) is 10.0 Å². The fourth-order valence-electron chi connectivity index (χ4n) is 1.28. The van der Waals surface area contributed by atoms with Crippen LogP contribution in [0.3, 0.4) is 0 Å². The van der Waals surface area contributed by atoms with Gasteiger partial charge in [-0.15, -0.1) is 0 Å². The molecule has 0 aliphatic heterocycles. The lowest BCUT2D eigenvalue weighted by molar-refractivity contribution is 0.470. The summed E-state index contributed by atoms with van der Waals surface area (Å²) < 4.78 is 26.1. The van der Waals surface area contributed by atoms with Crippen molar-refractivity contribution in [2.24, 2.45) is 0 Å². The topological polar surface area (TPSA) is 66.4 Å². The van der Waals surface area contributed by atoms with Crippen LogP contribution >= 0.6 is 0 Å². The van der Waals surface area contributed by atoms with Crippen LogP contribution < -0.4 is 4.72 Å². The molecule has 0 spiro atoms. The highest BCUT2D eigenvalue weighted by Gasteiger charge is 2.28. The van der Waals surface area contributed by atoms with Gasteiger partial charge in [0.05, 0.1) is 4.90 Å². The van der Waals surface area contributed by atoms with Gasteiger partial charge >= 0.3 is 0 Å². The van der Waals surface area contributed by atoms with Gasteiger partial charge in [-0.25, -0.2) is 13.1 Å². The van der Waals surface area contributed by atoms with Gasteiger partial charge in [0.15, 0.2) is 0 Å². The summed E-state index contributed by atoms with van der Waals surface area (Å²) in [5.41, 5.74) is 0.564. The number of phenolic OH excluding ortho intramolecular Hbond substituents is 1. The smallest absolute Gasteiger partial charge is 0.240 e. The molecule has 1 saturated carbocycles. The van der Waals surface area contributed by atoms with Crippen molar-refractivity contribution in [3.05, 3.63) is 23.8 Å². The Morgan fingerprint density at radius 3 is 2.60 bits per heavy atom. The second kappa shape index (κ2) is 3.50. The lowest BCUT2D eigenvalue weighted by atomic mass is 10.2. The van der Waals surface area contributed by atoms with Gasteiger partial charge in [0.25, 0.3) is 0 Å². The molecule has 0 heterocycles. The molecule has 0 aromatic heterocycles. The Hall–Kier alpha value is -1.07. The number of benzene rings is 1. The molecule has 2 N–H and O–H groups in total. The van der Waals surface area contributed by atoms with Crippen molar-refractivity contribution in [3.8, 4) is 5.75 Å². The fourth-order valence-corrected chi connectivity index (χ4v) is 2.67. The lowest BCUT2D eigenvalue weighted by Crippen LogP contribution is -2.25. The van der Waals surface area contributed by atoms with Gasteiger partial charge in [-0.2, -0.15) is 0 Å². The molecule has 0 atom stereocenters. The van der Waals surface area contributed by atoms with Crippen LogP contribution in [0.25, 0.3) is 0 Å². The predicted molar refractivity (Wildman–Crippen MR) is 56.2 cm³/mol. The van der Waals surface area contributed by atoms with E-state index in [2.05, 4.69) is 4.72 Å². The summed E-state index contributed by atoms with van der Waals surface area (Å²) in [4.78, 5) is 0.213. The molecule has 1 aliphatic carbocycles. The van der Waals surface area contributed by atoms with E-state index < -0.39 is 10.0 Å². The second-order valence-corrected chi connectivity index (χ2v) is 5.56. The van der Waals surface area contributed by atoms with Gasteiger partial charge in [0.1, 0.15) is 5.75 Å². The average Bonchev–Trinajstić information content (AvgIpc) is 2.92. The zero-order valence-corrected chi connectivity index (χ0v) is 9.21. The van der Waals surface area contributed by atoms with Crippen LogP contribution in [0.4, 0.5) is 0 Å². The maximum atomic E-state index is 11.8. The number of aromatic hydroxyl groups is 1. The second-order valence-electron chi connectivity index (χ2n) is 3.84. The Balaban J connectivity index is 2.31. The predicted octanol–water partition coefficient (Wildman–Crippen LogP) is 1.14. The van der Waals surface area contributed by atoms with Crippen LogP contribution in [-0.4, -0.2) is 19.6 Å². The van der Waals surface area contributed by atoms with Gasteiger partial charge < -0.3 is 5.11 Å². The standard InChI is InChI=1S/C10H13NO3S/c1-7-6-9(4-5-10(7)12)15(13,14)11-8-2-3-8/h4-6,8,11-12H,2-3H2,1H3. The number of aryl methyl sites for hydroxylation is 1. The third-order valence-electron chi connectivity index (χ3n) is 2.38. The van der Waals surface area contributed by atoms with Crippen LogP contribution in [0.5, 0.6) is 5.75 Å². The zero-order chi connectivity index (χ0) is 11.1. The molecule has 1 aromatic rings. The van der Waals surface area contributed by atoms with E-state index in [9.17, 15) is 13.5 Å². The first-order chi connectivity index (χ1) is 6.99. The minimum Gasteiger partial charge on any atom is -0.508 e. The summed E-state index contributed by atoms with van der Waals surface area (Å²) in [5, 5.41) is 9.29. The first-order valence-electron chi connectivity index (χ1n) is 4.81. The average molecular weight is 227 g/mol. The molecule has 0 bridgehead atoms. The van der Waals surface area contributed by atoms with E-state index in [1.165, 1.54) is 18.2 Å². The minimum atomic E-state index is -3.40. The Labute approximate surface area is 89.0 Å². The molecule has 0 unspecified atom stereocenters. The fraction of sp³-hybridized carbons (Fsp3) is 0.400. The number of hydrogen-bond acceptors (Lipinski definition) is 3. The van der Waals surface area contributed by atoms with Crippen LogP contribution in [0.1, 0.15) is 18.4 Å². The molecule has 0 radical (unpaired) electrons. The monoisotopic (exact) mass is 227 g/mol. The largest absolute Gasteiger partial charge is 0.508 e. The maximum Gasteiger partial charge on any atom is 0.240 e. The number of rotatable bonds is 3. The first-order valence-corrected chi connectivity index (χ1v) is 6.29. The molecule has 0 saturated heterocycles. The van der Waals surface area contributed by atoms with Gasteiger partial charge in [-0.3, -0.25) is 0 Å². The Kier molecular flexibility index (Phi) is 2.44. The van der Waals surface area contributed by atoms with E-state index in [1.807, 2.05) is 0 Å². The van der Waals surface area contributed by atoms with Crippen molar-refractivity contribution in [1.29, 1.82) is 0 Å². The number of hydrogen-bond donors (Lipinski definition) is 2. The summed E-state index contributed by atoms with van der Waals surface area (Å²) >= 11 is 0. The van der Waals surface area contributed by atoms with Gasteiger partial charge in [0.2, 0.25) is 10.0 Å². The summed E-state index contributed by atoms with van der Waals surface area (Å²) in [5.74, 6) is 0.111. The molecule has 15 heavy (non-hydrogen) atoms. The van der Waals surface area contributed by atoms with E-state index in [0.717, 1.165) is 12.8 Å². The van der Waals surface area contributed by atoms with Crippen molar-refractivity contribution in [3.63, 3.8) is 0 Å². The molecule has 0 amide bonds. The first kappa shape index (κ1) is 10.4. The van der Waals surface area contributed by atoms with E-state index >= 15 is 0 Å². The van der Waals surface area contributed by atoms with Gasteiger partial charge in [0, 0.05) is 6.04 Å². The van der Waals surface area contributed by atoms with Crippen molar-refractivity contribution < 1.29 is 13.5 Å². The Morgan fingerprint density at radius 2 is 2.07 bits per heavy atom. The lowest BCUT2D eigenvalue weighted by Gasteiger charge is -2.06. The summed E-state index contributed by atoms with van der Waals surface area (Å²) in [6.07, 6.45) is 1.83. The van der Waals surface area contributed by atoms with Crippen molar-refractivity contribution >= 4 is 10.0 Å². The van der Waals surface area contributed by atoms with Crippen LogP contribution in [0.2, 0.25) is 0 Å². The molecular formula is C10H13NO3S. The highest BCUT2D eigenvalue weighted by atomic mass is 32.2. The molecule has 82 valence electrons. The van der Waals surface area contributed by atoms with E-state index in [0.29, 0.717) is 5.56 Å². The zero-order valence-electron chi connectivity index (χ0n) is 8.40. The molecule has 2 rings (SSSR count). The molecule has 5 heteroatoms. The maximum absolute atomic E-state index is 11.8. The molecule has 4 nitrogen and oxygen atoms in total. The third kappa shape index (κ3) is 2.30. The SMILES string of the molecule is Cc1cc(S(=O)(=O)NC2CC2)ccc1O. The molecule has 1 aromatic carbocycles. The number of nitrogens with one attached hydrogen (secondary N) is 1. The van der Waals surface area contributed by atoms with Crippen molar-refractivity contribution in [2.45, 2.75) is 30.7 Å². The van der Waals surface area contributed by atoms with Crippen molar-refractivity contribution in [1.82, 2.24) is 4.72 Å². The summed E-state index contributed by atoms with van der Waals surface area (Å²) in [6, 6.07) is 4.38. The van der Waals surface area contributed by atoms with Gasteiger partial charge in [-0.1, -0.05) is 0 Å². The summed E-state index contributed by atoms with van der Waals surface area (Å²) in [7, 11) is -3.40. The Morgan fingerprint density at radius 1 is 1.40 bits per heavy atom. The van der Waals surface area contributed by atoms with E-state index in [4.69, 9.17) is 0 Å². The quantitative estimate of drug-likeness (QED) is 0.813. The van der Waals surface area contributed by atoms with Crippen LogP contribution in [0, 0.1) is 6.92 Å². The normalized spacial score (nSPS) is 16.6. The highest BCUT2D eigenvalue weighted by Crippen LogP contribution is 2.24. The summed E-state index contributed by atoms with van der Waals surface area (Å²) in [6.45, 7) is 1.67. The molecular weight excluding hydrogens is 214 g/mol. The third-order valence-corrected chi connectivity index (χ3v) is 3.90. The van der Waals surface area contributed by atoms with Crippen LogP contribution in [0.15, 0.2) is 23.1 Å². The number of phenols is 1. The molecule has 1 fully saturated rings.